The first-order valence-corrected chi connectivity index (χ1v) is 5.74. The van der Waals surface area contributed by atoms with E-state index in [9.17, 15) is 0 Å². The quantitative estimate of drug-likeness (QED) is 0.593. The van der Waals surface area contributed by atoms with Crippen molar-refractivity contribution >= 4 is 0 Å². The van der Waals surface area contributed by atoms with E-state index < -0.39 is 0 Å². The van der Waals surface area contributed by atoms with Gasteiger partial charge in [-0.15, -0.1) is 0 Å². The molecule has 0 saturated carbocycles. The maximum atomic E-state index is 5.56. The molecule has 14 heavy (non-hydrogen) atoms. The van der Waals surface area contributed by atoms with E-state index >= 15 is 0 Å². The SMILES string of the molecule is CCCOCCCO[C@H]1CCCCO1. The number of hydrogen-bond donors (Lipinski definition) is 0. The van der Waals surface area contributed by atoms with Crippen molar-refractivity contribution in [3.05, 3.63) is 0 Å². The molecule has 1 heterocycles. The van der Waals surface area contributed by atoms with Crippen molar-refractivity contribution in [1.82, 2.24) is 0 Å². The highest BCUT2D eigenvalue weighted by Gasteiger charge is 2.13. The largest absolute Gasteiger partial charge is 0.381 e. The molecule has 0 bridgehead atoms. The zero-order chi connectivity index (χ0) is 10.1. The Morgan fingerprint density at radius 3 is 2.86 bits per heavy atom. The first kappa shape index (κ1) is 12.0. The van der Waals surface area contributed by atoms with Crippen LogP contribution in [0.25, 0.3) is 0 Å². The Kier molecular flexibility index (Phi) is 7.01. The average Bonchev–Trinajstić information content (AvgIpc) is 2.25. The third-order valence-electron chi connectivity index (χ3n) is 2.22. The molecular weight excluding hydrogens is 180 g/mol. The highest BCUT2D eigenvalue weighted by Crippen LogP contribution is 2.13. The number of ether oxygens (including phenoxy) is 3. The average molecular weight is 202 g/mol. The molecule has 1 saturated heterocycles. The summed E-state index contributed by atoms with van der Waals surface area (Å²) in [7, 11) is 0. The molecule has 1 rings (SSSR count). The molecule has 0 spiro atoms. The van der Waals surface area contributed by atoms with Gasteiger partial charge in [-0.1, -0.05) is 6.92 Å². The summed E-state index contributed by atoms with van der Waals surface area (Å²) in [5.41, 5.74) is 0. The van der Waals surface area contributed by atoms with E-state index in [-0.39, 0.29) is 6.29 Å². The second kappa shape index (κ2) is 8.21. The van der Waals surface area contributed by atoms with Gasteiger partial charge in [-0.2, -0.15) is 0 Å². The zero-order valence-electron chi connectivity index (χ0n) is 9.17. The molecule has 0 aromatic heterocycles. The minimum Gasteiger partial charge on any atom is -0.381 e. The highest BCUT2D eigenvalue weighted by atomic mass is 16.7. The second-order valence-electron chi connectivity index (χ2n) is 3.63. The third-order valence-corrected chi connectivity index (χ3v) is 2.22. The molecule has 3 nitrogen and oxygen atoms in total. The summed E-state index contributed by atoms with van der Waals surface area (Å²) in [6, 6.07) is 0. The Balaban J connectivity index is 1.82. The Morgan fingerprint density at radius 1 is 1.21 bits per heavy atom. The summed E-state index contributed by atoms with van der Waals surface area (Å²) in [6.45, 7) is 5.40. The molecule has 0 N–H and O–H groups in total. The van der Waals surface area contributed by atoms with E-state index in [4.69, 9.17) is 14.2 Å². The summed E-state index contributed by atoms with van der Waals surface area (Å²) < 4.78 is 16.4. The van der Waals surface area contributed by atoms with Gasteiger partial charge in [0.15, 0.2) is 6.29 Å². The molecule has 1 aliphatic rings. The maximum Gasteiger partial charge on any atom is 0.157 e. The van der Waals surface area contributed by atoms with Crippen LogP contribution in [0.15, 0.2) is 0 Å². The van der Waals surface area contributed by atoms with Gasteiger partial charge < -0.3 is 14.2 Å². The fraction of sp³-hybridized carbons (Fsp3) is 1.00. The van der Waals surface area contributed by atoms with Crippen LogP contribution in [-0.2, 0) is 14.2 Å². The summed E-state index contributed by atoms with van der Waals surface area (Å²) in [5, 5.41) is 0. The van der Waals surface area contributed by atoms with E-state index in [2.05, 4.69) is 6.92 Å². The maximum absolute atomic E-state index is 5.56. The van der Waals surface area contributed by atoms with Gasteiger partial charge in [0.2, 0.25) is 0 Å². The van der Waals surface area contributed by atoms with E-state index in [0.717, 1.165) is 45.7 Å². The Morgan fingerprint density at radius 2 is 2.14 bits per heavy atom. The molecule has 0 amide bonds. The first-order chi connectivity index (χ1) is 6.93. The minimum absolute atomic E-state index is 0.0509. The summed E-state index contributed by atoms with van der Waals surface area (Å²) in [6.07, 6.45) is 5.58. The van der Waals surface area contributed by atoms with Crippen LogP contribution in [0.2, 0.25) is 0 Å². The molecule has 0 aromatic rings. The van der Waals surface area contributed by atoms with Crippen molar-refractivity contribution in [1.29, 1.82) is 0 Å². The van der Waals surface area contributed by atoms with E-state index in [1.54, 1.807) is 0 Å². The van der Waals surface area contributed by atoms with Gasteiger partial charge in [-0.05, 0) is 32.1 Å². The van der Waals surface area contributed by atoms with E-state index in [1.807, 2.05) is 0 Å². The molecule has 0 aliphatic carbocycles. The molecule has 3 heteroatoms. The van der Waals surface area contributed by atoms with Gasteiger partial charge >= 0.3 is 0 Å². The lowest BCUT2D eigenvalue weighted by molar-refractivity contribution is -0.164. The van der Waals surface area contributed by atoms with Crippen LogP contribution in [0.4, 0.5) is 0 Å². The summed E-state index contributed by atoms with van der Waals surface area (Å²) in [5.74, 6) is 0. The van der Waals surface area contributed by atoms with Crippen molar-refractivity contribution in [2.75, 3.05) is 26.4 Å². The van der Waals surface area contributed by atoms with Crippen LogP contribution in [0.1, 0.15) is 39.0 Å². The number of hydrogen-bond acceptors (Lipinski definition) is 3. The van der Waals surface area contributed by atoms with Crippen LogP contribution in [0.3, 0.4) is 0 Å². The Labute approximate surface area is 86.7 Å². The molecule has 0 aromatic carbocycles. The predicted molar refractivity (Wildman–Crippen MR) is 55.3 cm³/mol. The molecule has 1 aliphatic heterocycles. The smallest absolute Gasteiger partial charge is 0.157 e. The predicted octanol–water partition coefficient (Wildman–Crippen LogP) is 2.35. The Bertz CT molecular complexity index is 122. The van der Waals surface area contributed by atoms with E-state index in [1.165, 1.54) is 12.8 Å². The molecule has 1 atom stereocenters. The molecule has 0 radical (unpaired) electrons. The standard InChI is InChI=1S/C11H22O3/c1-2-7-12-8-5-10-14-11-6-3-4-9-13-11/h11H,2-10H2,1H3/t11-/m0/s1. The van der Waals surface area contributed by atoms with Gasteiger partial charge in [0.05, 0.1) is 6.61 Å². The highest BCUT2D eigenvalue weighted by molar-refractivity contribution is 4.53. The van der Waals surface area contributed by atoms with Gasteiger partial charge in [0.1, 0.15) is 0 Å². The lowest BCUT2D eigenvalue weighted by atomic mass is 10.2. The third kappa shape index (κ3) is 5.58. The van der Waals surface area contributed by atoms with Gasteiger partial charge in [0, 0.05) is 19.8 Å². The molecule has 84 valence electrons. The normalized spacial score (nSPS) is 22.5. The second-order valence-corrected chi connectivity index (χ2v) is 3.63. The minimum atomic E-state index is 0.0509. The van der Waals surface area contributed by atoms with Crippen molar-refractivity contribution in [2.24, 2.45) is 0 Å². The van der Waals surface area contributed by atoms with Crippen LogP contribution < -0.4 is 0 Å². The van der Waals surface area contributed by atoms with Gasteiger partial charge in [-0.25, -0.2) is 0 Å². The van der Waals surface area contributed by atoms with E-state index in [0.29, 0.717) is 0 Å². The topological polar surface area (TPSA) is 27.7 Å². The van der Waals surface area contributed by atoms with Gasteiger partial charge in [-0.3, -0.25) is 0 Å². The lowest BCUT2D eigenvalue weighted by Crippen LogP contribution is -2.23. The van der Waals surface area contributed by atoms with Gasteiger partial charge in [0.25, 0.3) is 0 Å². The Hall–Kier alpha value is -0.120. The van der Waals surface area contributed by atoms with Crippen LogP contribution in [0, 0.1) is 0 Å². The first-order valence-electron chi connectivity index (χ1n) is 5.74. The molecule has 0 unspecified atom stereocenters. The van der Waals surface area contributed by atoms with Crippen LogP contribution >= 0.6 is 0 Å². The summed E-state index contributed by atoms with van der Waals surface area (Å²) in [4.78, 5) is 0. The van der Waals surface area contributed by atoms with Crippen molar-refractivity contribution in [3.63, 3.8) is 0 Å². The van der Waals surface area contributed by atoms with Crippen molar-refractivity contribution in [3.8, 4) is 0 Å². The molecular formula is C11H22O3. The van der Waals surface area contributed by atoms with Crippen LogP contribution in [-0.4, -0.2) is 32.7 Å². The summed E-state index contributed by atoms with van der Waals surface area (Å²) >= 11 is 0. The fourth-order valence-corrected chi connectivity index (χ4v) is 1.46. The monoisotopic (exact) mass is 202 g/mol. The van der Waals surface area contributed by atoms with Crippen molar-refractivity contribution in [2.45, 2.75) is 45.3 Å². The van der Waals surface area contributed by atoms with Crippen LogP contribution in [0.5, 0.6) is 0 Å². The zero-order valence-corrected chi connectivity index (χ0v) is 9.17. The number of rotatable bonds is 7. The fourth-order valence-electron chi connectivity index (χ4n) is 1.46. The lowest BCUT2D eigenvalue weighted by Gasteiger charge is -2.22. The molecule has 1 fully saturated rings. The van der Waals surface area contributed by atoms with Crippen molar-refractivity contribution < 1.29 is 14.2 Å².